The summed E-state index contributed by atoms with van der Waals surface area (Å²) in [6.07, 6.45) is 0. The summed E-state index contributed by atoms with van der Waals surface area (Å²) in [5, 5.41) is 6.73. The predicted molar refractivity (Wildman–Crippen MR) is 217 cm³/mol. The molecule has 250 valence electrons. The van der Waals surface area contributed by atoms with Crippen molar-refractivity contribution in [1.29, 1.82) is 0 Å². The number of aromatic nitrogens is 2. The van der Waals surface area contributed by atoms with Crippen LogP contribution in [0.3, 0.4) is 0 Å². The molecule has 11 aromatic rings. The summed E-state index contributed by atoms with van der Waals surface area (Å²) in [7, 11) is 0. The molecule has 3 heterocycles. The Hall–Kier alpha value is -7.11. The Labute approximate surface area is 303 Å². The number of hydrogen-bond acceptors (Lipinski definition) is 2. The van der Waals surface area contributed by atoms with E-state index in [2.05, 4.69) is 154 Å². The number of furan rings is 1. The quantitative estimate of drug-likeness (QED) is 0.180. The molecule has 0 saturated heterocycles. The van der Waals surface area contributed by atoms with E-state index in [0.29, 0.717) is 0 Å². The highest BCUT2D eigenvalue weighted by molar-refractivity contribution is 6.16. The van der Waals surface area contributed by atoms with Crippen LogP contribution in [0, 0.1) is 5.82 Å². The first-order chi connectivity index (χ1) is 26.2. The fourth-order valence-electron chi connectivity index (χ4n) is 8.29. The molecule has 0 unspecified atom stereocenters. The van der Waals surface area contributed by atoms with E-state index in [1.54, 1.807) is 0 Å². The fourth-order valence-corrected chi connectivity index (χ4v) is 8.29. The van der Waals surface area contributed by atoms with E-state index >= 15 is 0 Å². The molecule has 0 aliphatic heterocycles. The molecule has 0 saturated carbocycles. The molecule has 4 nitrogen and oxygen atoms in total. The van der Waals surface area contributed by atoms with Crippen LogP contribution in [0.25, 0.3) is 76.9 Å². The summed E-state index contributed by atoms with van der Waals surface area (Å²) in [6, 6.07) is 62.3. The number of anilines is 3. The van der Waals surface area contributed by atoms with E-state index in [-0.39, 0.29) is 5.82 Å². The summed E-state index contributed by atoms with van der Waals surface area (Å²) in [6.45, 7) is 0. The summed E-state index contributed by atoms with van der Waals surface area (Å²) in [5.41, 5.74) is 11.1. The lowest BCUT2D eigenvalue weighted by Crippen LogP contribution is -2.10. The van der Waals surface area contributed by atoms with E-state index in [0.717, 1.165) is 88.6 Å². The van der Waals surface area contributed by atoms with Crippen molar-refractivity contribution < 1.29 is 8.81 Å². The summed E-state index contributed by atoms with van der Waals surface area (Å²) in [4.78, 5) is 2.35. The number of hydrogen-bond donors (Lipinski definition) is 0. The second kappa shape index (κ2) is 11.5. The standard InChI is InChI=1S/C48H30FN3O/c49-31-21-23-33(24-22-31)52-41-16-7-4-13-36(41)38-27-25-35(30-45(38)52)50(44-18-10-20-47-48(44)39-15-6-9-19-46(39)53-47)34-26-28-43-40(29-34)37-14-5-8-17-42(37)51(43)32-11-2-1-3-12-32/h1-30H. The number of benzene rings is 8. The molecule has 0 spiro atoms. The van der Waals surface area contributed by atoms with Crippen molar-refractivity contribution in [3.05, 3.63) is 188 Å². The molecule has 0 bridgehead atoms. The second-order valence-electron chi connectivity index (χ2n) is 13.5. The van der Waals surface area contributed by atoms with Crippen LogP contribution < -0.4 is 4.90 Å². The maximum absolute atomic E-state index is 14.2. The highest BCUT2D eigenvalue weighted by Gasteiger charge is 2.23. The van der Waals surface area contributed by atoms with Crippen LogP contribution in [0.4, 0.5) is 21.5 Å². The molecule has 0 amide bonds. The van der Waals surface area contributed by atoms with Gasteiger partial charge in [-0.2, -0.15) is 0 Å². The van der Waals surface area contributed by atoms with Gasteiger partial charge in [-0.1, -0.05) is 84.9 Å². The van der Waals surface area contributed by atoms with Crippen molar-refractivity contribution in [2.75, 3.05) is 4.90 Å². The van der Waals surface area contributed by atoms with Crippen molar-refractivity contribution in [3.8, 4) is 11.4 Å². The molecule has 53 heavy (non-hydrogen) atoms. The number of rotatable bonds is 5. The Morgan fingerprint density at radius 3 is 1.75 bits per heavy atom. The van der Waals surface area contributed by atoms with E-state index in [1.165, 1.54) is 17.5 Å². The Morgan fingerprint density at radius 2 is 0.962 bits per heavy atom. The summed E-state index contributed by atoms with van der Waals surface area (Å²) in [5.74, 6) is -0.258. The maximum Gasteiger partial charge on any atom is 0.137 e. The molecular formula is C48H30FN3O. The largest absolute Gasteiger partial charge is 0.456 e. The van der Waals surface area contributed by atoms with Gasteiger partial charge in [0.1, 0.15) is 17.0 Å². The minimum atomic E-state index is -0.258. The van der Waals surface area contributed by atoms with Gasteiger partial charge in [0.05, 0.1) is 33.1 Å². The average molecular weight is 684 g/mol. The lowest BCUT2D eigenvalue weighted by atomic mass is 10.1. The molecule has 0 aliphatic carbocycles. The zero-order chi connectivity index (χ0) is 35.0. The molecule has 3 aromatic heterocycles. The average Bonchev–Trinajstić information content (AvgIpc) is 3.86. The van der Waals surface area contributed by atoms with Crippen LogP contribution >= 0.6 is 0 Å². The van der Waals surface area contributed by atoms with E-state index in [9.17, 15) is 4.39 Å². The van der Waals surface area contributed by atoms with Crippen LogP contribution in [0.5, 0.6) is 0 Å². The van der Waals surface area contributed by atoms with Gasteiger partial charge in [-0.05, 0) is 97.1 Å². The number of nitrogens with zero attached hydrogens (tertiary/aromatic N) is 3. The van der Waals surface area contributed by atoms with Gasteiger partial charge in [0.25, 0.3) is 0 Å². The van der Waals surface area contributed by atoms with Gasteiger partial charge in [0.15, 0.2) is 0 Å². The number of fused-ring (bicyclic) bond motifs is 9. The third-order valence-corrected chi connectivity index (χ3v) is 10.6. The molecular weight excluding hydrogens is 654 g/mol. The molecule has 0 aliphatic rings. The van der Waals surface area contributed by atoms with Gasteiger partial charge < -0.3 is 18.5 Å². The van der Waals surface area contributed by atoms with Crippen molar-refractivity contribution in [2.24, 2.45) is 0 Å². The Balaban J connectivity index is 1.22. The van der Waals surface area contributed by atoms with Gasteiger partial charge in [0.2, 0.25) is 0 Å². The Bertz CT molecular complexity index is 3190. The third kappa shape index (κ3) is 4.47. The lowest BCUT2D eigenvalue weighted by molar-refractivity contribution is 0.627. The molecule has 0 radical (unpaired) electrons. The SMILES string of the molecule is Fc1ccc(-n2c3ccccc3c3ccc(N(c4ccc5c(c4)c4ccccc4n5-c4ccccc4)c4cccc5oc6ccccc6c45)cc32)cc1. The molecule has 11 rings (SSSR count). The van der Waals surface area contributed by atoms with Crippen LogP contribution in [-0.2, 0) is 0 Å². The van der Waals surface area contributed by atoms with Crippen LogP contribution in [0.1, 0.15) is 0 Å². The smallest absolute Gasteiger partial charge is 0.137 e. The molecule has 8 aromatic carbocycles. The minimum absolute atomic E-state index is 0.258. The van der Waals surface area contributed by atoms with Gasteiger partial charge in [-0.25, -0.2) is 4.39 Å². The normalized spacial score (nSPS) is 11.9. The topological polar surface area (TPSA) is 26.2 Å². The Kier molecular flexibility index (Phi) is 6.40. The Morgan fingerprint density at radius 1 is 0.396 bits per heavy atom. The maximum atomic E-state index is 14.2. The minimum Gasteiger partial charge on any atom is -0.456 e. The van der Waals surface area contributed by atoms with Crippen LogP contribution in [-0.4, -0.2) is 9.13 Å². The molecule has 5 heteroatoms. The van der Waals surface area contributed by atoms with Crippen molar-refractivity contribution in [1.82, 2.24) is 9.13 Å². The third-order valence-electron chi connectivity index (χ3n) is 10.6. The monoisotopic (exact) mass is 683 g/mol. The lowest BCUT2D eigenvalue weighted by Gasteiger charge is -2.27. The van der Waals surface area contributed by atoms with Crippen molar-refractivity contribution in [3.63, 3.8) is 0 Å². The van der Waals surface area contributed by atoms with Crippen LogP contribution in [0.15, 0.2) is 186 Å². The molecule has 0 N–H and O–H groups in total. The van der Waals surface area contributed by atoms with Gasteiger partial charge >= 0.3 is 0 Å². The first kappa shape index (κ1) is 29.6. The molecule has 0 fully saturated rings. The number of halogens is 1. The van der Waals surface area contributed by atoms with Gasteiger partial charge in [-0.3, -0.25) is 0 Å². The van der Waals surface area contributed by atoms with Gasteiger partial charge in [-0.15, -0.1) is 0 Å². The second-order valence-corrected chi connectivity index (χ2v) is 13.5. The molecule has 0 atom stereocenters. The van der Waals surface area contributed by atoms with E-state index in [1.807, 2.05) is 30.3 Å². The highest BCUT2D eigenvalue weighted by Crippen LogP contribution is 2.46. The number of para-hydroxylation sites is 4. The first-order valence-electron chi connectivity index (χ1n) is 17.8. The predicted octanol–water partition coefficient (Wildman–Crippen LogP) is 13.4. The highest BCUT2D eigenvalue weighted by atomic mass is 19.1. The van der Waals surface area contributed by atoms with Crippen LogP contribution in [0.2, 0.25) is 0 Å². The van der Waals surface area contributed by atoms with Crippen molar-refractivity contribution in [2.45, 2.75) is 0 Å². The first-order valence-corrected chi connectivity index (χ1v) is 17.8. The van der Waals surface area contributed by atoms with Crippen molar-refractivity contribution >= 4 is 82.6 Å². The zero-order valence-corrected chi connectivity index (χ0v) is 28.4. The van der Waals surface area contributed by atoms with E-state index < -0.39 is 0 Å². The fraction of sp³-hybridized carbons (Fsp3) is 0. The summed E-state index contributed by atoms with van der Waals surface area (Å²) >= 11 is 0. The zero-order valence-electron chi connectivity index (χ0n) is 28.4. The summed E-state index contributed by atoms with van der Waals surface area (Å²) < 4.78 is 25.2. The van der Waals surface area contributed by atoms with Gasteiger partial charge in [0, 0.05) is 49.7 Å². The van der Waals surface area contributed by atoms with E-state index in [4.69, 9.17) is 4.42 Å².